The molecule has 84 valence electrons. The molecule has 2 rings (SSSR count). The molecule has 0 bridgehead atoms. The first kappa shape index (κ1) is 10.4. The van der Waals surface area contributed by atoms with Crippen molar-refractivity contribution >= 4 is 11.8 Å². The number of anilines is 2. The van der Waals surface area contributed by atoms with Crippen molar-refractivity contribution in [1.29, 1.82) is 0 Å². The predicted molar refractivity (Wildman–Crippen MR) is 61.9 cm³/mol. The van der Waals surface area contributed by atoms with Gasteiger partial charge < -0.3 is 11.1 Å². The number of nitrogens with one attached hydrogen (secondary N) is 1. The van der Waals surface area contributed by atoms with Gasteiger partial charge in [0.25, 0.3) is 0 Å². The number of nitrogens with two attached hydrogens (primary N) is 1. The lowest BCUT2D eigenvalue weighted by atomic mass is 10.3. The van der Waals surface area contributed by atoms with Crippen molar-refractivity contribution in [2.45, 2.75) is 13.5 Å². The molecule has 2 aromatic heterocycles. The van der Waals surface area contributed by atoms with E-state index in [-0.39, 0.29) is 5.95 Å². The molecular weight excluding hydrogens is 204 g/mol. The lowest BCUT2D eigenvalue weighted by molar-refractivity contribution is 0.637. The minimum absolute atomic E-state index is 0.284. The minimum atomic E-state index is 0.284. The van der Waals surface area contributed by atoms with E-state index >= 15 is 0 Å². The van der Waals surface area contributed by atoms with E-state index in [1.807, 2.05) is 23.9 Å². The summed E-state index contributed by atoms with van der Waals surface area (Å²) < 4.78 is 1.85. The molecule has 0 radical (unpaired) electrons. The number of hydrogen-bond acceptors (Lipinski definition) is 5. The molecule has 0 aliphatic heterocycles. The van der Waals surface area contributed by atoms with Crippen LogP contribution >= 0.6 is 0 Å². The van der Waals surface area contributed by atoms with Gasteiger partial charge in [-0.3, -0.25) is 4.68 Å². The standard InChI is InChI=1S/C10H14N6/c1-8-7-13-10(11)15-9(8)12-4-6-16-5-2-3-14-16/h2-3,5,7H,4,6H2,1H3,(H3,11,12,13,15). The molecule has 0 aromatic carbocycles. The van der Waals surface area contributed by atoms with Crippen molar-refractivity contribution in [3.63, 3.8) is 0 Å². The molecule has 0 amide bonds. The highest BCUT2D eigenvalue weighted by atomic mass is 15.3. The fourth-order valence-corrected chi connectivity index (χ4v) is 1.36. The Morgan fingerprint density at radius 3 is 3.12 bits per heavy atom. The number of aryl methyl sites for hydroxylation is 1. The molecule has 0 aliphatic carbocycles. The molecule has 0 unspecified atom stereocenters. The van der Waals surface area contributed by atoms with Gasteiger partial charge >= 0.3 is 0 Å². The summed E-state index contributed by atoms with van der Waals surface area (Å²) in [6, 6.07) is 1.90. The minimum Gasteiger partial charge on any atom is -0.368 e. The number of rotatable bonds is 4. The molecule has 0 saturated heterocycles. The van der Waals surface area contributed by atoms with Crippen LogP contribution in [0.1, 0.15) is 5.56 Å². The van der Waals surface area contributed by atoms with Gasteiger partial charge in [-0.05, 0) is 13.0 Å². The van der Waals surface area contributed by atoms with Gasteiger partial charge in [-0.1, -0.05) is 0 Å². The Morgan fingerprint density at radius 1 is 1.50 bits per heavy atom. The first-order valence-corrected chi connectivity index (χ1v) is 5.06. The van der Waals surface area contributed by atoms with Gasteiger partial charge in [0.15, 0.2) is 0 Å². The molecular formula is C10H14N6. The summed E-state index contributed by atoms with van der Waals surface area (Å²) in [6.45, 7) is 3.48. The van der Waals surface area contributed by atoms with Crippen LogP contribution in [-0.4, -0.2) is 26.3 Å². The van der Waals surface area contributed by atoms with E-state index in [0.29, 0.717) is 0 Å². The summed E-state index contributed by atoms with van der Waals surface area (Å²) in [5.74, 6) is 1.06. The second kappa shape index (κ2) is 4.61. The maximum absolute atomic E-state index is 5.51. The summed E-state index contributed by atoms with van der Waals surface area (Å²) in [7, 11) is 0. The van der Waals surface area contributed by atoms with Crippen molar-refractivity contribution in [3.8, 4) is 0 Å². The lowest BCUT2D eigenvalue weighted by Gasteiger charge is -2.08. The molecule has 3 N–H and O–H groups in total. The molecule has 2 heterocycles. The van der Waals surface area contributed by atoms with Crippen LogP contribution in [-0.2, 0) is 6.54 Å². The van der Waals surface area contributed by atoms with Crippen LogP contribution in [0, 0.1) is 6.92 Å². The van der Waals surface area contributed by atoms with Crippen molar-refractivity contribution in [1.82, 2.24) is 19.7 Å². The third-order valence-electron chi connectivity index (χ3n) is 2.18. The third-order valence-corrected chi connectivity index (χ3v) is 2.18. The van der Waals surface area contributed by atoms with E-state index < -0.39 is 0 Å². The van der Waals surface area contributed by atoms with Gasteiger partial charge in [0, 0.05) is 30.7 Å². The quantitative estimate of drug-likeness (QED) is 0.788. The van der Waals surface area contributed by atoms with E-state index in [1.165, 1.54) is 0 Å². The van der Waals surface area contributed by atoms with E-state index in [9.17, 15) is 0 Å². The van der Waals surface area contributed by atoms with Crippen LogP contribution in [0.15, 0.2) is 24.7 Å². The second-order valence-corrected chi connectivity index (χ2v) is 3.46. The Bertz CT molecular complexity index is 450. The average Bonchev–Trinajstić information content (AvgIpc) is 2.76. The van der Waals surface area contributed by atoms with Gasteiger partial charge in [0.05, 0.1) is 6.54 Å². The van der Waals surface area contributed by atoms with Gasteiger partial charge in [-0.2, -0.15) is 10.1 Å². The highest BCUT2D eigenvalue weighted by molar-refractivity contribution is 5.44. The molecule has 0 atom stereocenters. The Morgan fingerprint density at radius 2 is 2.38 bits per heavy atom. The van der Waals surface area contributed by atoms with E-state index in [2.05, 4.69) is 20.4 Å². The Labute approximate surface area is 93.5 Å². The molecule has 6 nitrogen and oxygen atoms in total. The SMILES string of the molecule is Cc1cnc(N)nc1NCCn1cccn1. The summed E-state index contributed by atoms with van der Waals surface area (Å²) >= 11 is 0. The van der Waals surface area contributed by atoms with Crippen molar-refractivity contribution in [3.05, 3.63) is 30.2 Å². The molecule has 0 aliphatic rings. The van der Waals surface area contributed by atoms with E-state index in [4.69, 9.17) is 5.73 Å². The predicted octanol–water partition coefficient (Wildman–Crippen LogP) is 0.676. The first-order valence-electron chi connectivity index (χ1n) is 5.06. The van der Waals surface area contributed by atoms with Gasteiger partial charge in [-0.25, -0.2) is 4.98 Å². The first-order chi connectivity index (χ1) is 7.75. The zero-order valence-corrected chi connectivity index (χ0v) is 9.09. The maximum Gasteiger partial charge on any atom is 0.221 e. The maximum atomic E-state index is 5.51. The Hall–Kier alpha value is -2.11. The molecule has 16 heavy (non-hydrogen) atoms. The zero-order chi connectivity index (χ0) is 11.4. The second-order valence-electron chi connectivity index (χ2n) is 3.46. The Balaban J connectivity index is 1.92. The van der Waals surface area contributed by atoms with E-state index in [1.54, 1.807) is 12.4 Å². The third kappa shape index (κ3) is 2.47. The lowest BCUT2D eigenvalue weighted by Crippen LogP contribution is -2.13. The molecule has 0 saturated carbocycles. The van der Waals surface area contributed by atoms with Crippen molar-refractivity contribution < 1.29 is 0 Å². The largest absolute Gasteiger partial charge is 0.368 e. The molecule has 0 spiro atoms. The molecule has 0 fully saturated rings. The van der Waals surface area contributed by atoms with Crippen LogP contribution in [0.3, 0.4) is 0 Å². The van der Waals surface area contributed by atoms with Gasteiger partial charge in [0.2, 0.25) is 5.95 Å². The number of aromatic nitrogens is 4. The molecule has 6 heteroatoms. The molecule has 2 aromatic rings. The smallest absolute Gasteiger partial charge is 0.221 e. The Kier molecular flexibility index (Phi) is 3.00. The van der Waals surface area contributed by atoms with Crippen LogP contribution in [0.2, 0.25) is 0 Å². The summed E-state index contributed by atoms with van der Waals surface area (Å²) in [5, 5.41) is 7.31. The van der Waals surface area contributed by atoms with Crippen LogP contribution < -0.4 is 11.1 Å². The number of nitrogens with zero attached hydrogens (tertiary/aromatic N) is 4. The van der Waals surface area contributed by atoms with Crippen molar-refractivity contribution in [2.24, 2.45) is 0 Å². The zero-order valence-electron chi connectivity index (χ0n) is 9.09. The van der Waals surface area contributed by atoms with Crippen molar-refractivity contribution in [2.75, 3.05) is 17.6 Å². The monoisotopic (exact) mass is 218 g/mol. The van der Waals surface area contributed by atoms with Crippen LogP contribution in [0.4, 0.5) is 11.8 Å². The average molecular weight is 218 g/mol. The van der Waals surface area contributed by atoms with Crippen LogP contribution in [0.25, 0.3) is 0 Å². The van der Waals surface area contributed by atoms with Gasteiger partial charge in [-0.15, -0.1) is 0 Å². The van der Waals surface area contributed by atoms with Gasteiger partial charge in [0.1, 0.15) is 5.82 Å². The fourth-order valence-electron chi connectivity index (χ4n) is 1.36. The summed E-state index contributed by atoms with van der Waals surface area (Å²) in [4.78, 5) is 8.02. The summed E-state index contributed by atoms with van der Waals surface area (Å²) in [6.07, 6.45) is 5.38. The summed E-state index contributed by atoms with van der Waals surface area (Å²) in [5.41, 5.74) is 6.50. The highest BCUT2D eigenvalue weighted by Gasteiger charge is 2.00. The highest BCUT2D eigenvalue weighted by Crippen LogP contribution is 2.10. The van der Waals surface area contributed by atoms with Crippen LogP contribution in [0.5, 0.6) is 0 Å². The normalized spacial score (nSPS) is 10.3. The fraction of sp³-hybridized carbons (Fsp3) is 0.300. The topological polar surface area (TPSA) is 81.6 Å². The number of nitrogen functional groups attached to an aromatic ring is 1. The van der Waals surface area contributed by atoms with E-state index in [0.717, 1.165) is 24.5 Å². The number of hydrogen-bond donors (Lipinski definition) is 2.